The van der Waals surface area contributed by atoms with Crippen LogP contribution in [0.4, 0.5) is 4.39 Å². The molecule has 1 N–H and O–H groups in total. The van der Waals surface area contributed by atoms with E-state index in [0.29, 0.717) is 11.5 Å². The van der Waals surface area contributed by atoms with Crippen LogP contribution in [0.1, 0.15) is 40.2 Å². The number of hydrogen-bond acceptors (Lipinski definition) is 1. The highest BCUT2D eigenvalue weighted by Gasteiger charge is 2.28. The largest absolute Gasteiger partial charge is 0.478 e. The van der Waals surface area contributed by atoms with Crippen molar-refractivity contribution in [3.63, 3.8) is 0 Å². The fourth-order valence-corrected chi connectivity index (χ4v) is 1.65. The van der Waals surface area contributed by atoms with E-state index in [2.05, 4.69) is 0 Å². The van der Waals surface area contributed by atoms with Crippen molar-refractivity contribution in [2.24, 2.45) is 0 Å². The average Bonchev–Trinajstić information content (AvgIpc) is 2.92. The molecule has 0 heterocycles. The van der Waals surface area contributed by atoms with E-state index in [9.17, 15) is 9.18 Å². The van der Waals surface area contributed by atoms with Gasteiger partial charge in [0.2, 0.25) is 0 Å². The van der Waals surface area contributed by atoms with Crippen molar-refractivity contribution in [2.75, 3.05) is 0 Å². The molecule has 2 nitrogen and oxygen atoms in total. The number of benzene rings is 1. The van der Waals surface area contributed by atoms with Crippen LogP contribution >= 0.6 is 0 Å². The molecule has 0 saturated heterocycles. The number of carbonyl (C=O) groups is 1. The van der Waals surface area contributed by atoms with Crippen LogP contribution in [-0.2, 0) is 0 Å². The lowest BCUT2D eigenvalue weighted by Gasteiger charge is -2.06. The van der Waals surface area contributed by atoms with E-state index in [1.807, 2.05) is 0 Å². The molecule has 1 aromatic rings. The molecule has 3 heteroatoms. The highest BCUT2D eigenvalue weighted by Crippen LogP contribution is 2.42. The average molecular weight is 194 g/mol. The first kappa shape index (κ1) is 9.19. The Morgan fingerprint density at radius 3 is 2.64 bits per heavy atom. The van der Waals surface area contributed by atoms with Gasteiger partial charge in [-0.3, -0.25) is 0 Å². The molecule has 14 heavy (non-hydrogen) atoms. The molecular formula is C11H11FO2. The van der Waals surface area contributed by atoms with Gasteiger partial charge in [-0.25, -0.2) is 9.18 Å². The molecule has 2 rings (SSSR count). The van der Waals surface area contributed by atoms with Crippen LogP contribution in [0.15, 0.2) is 12.1 Å². The Morgan fingerprint density at radius 1 is 1.50 bits per heavy atom. The second-order valence-corrected chi connectivity index (χ2v) is 3.72. The van der Waals surface area contributed by atoms with Gasteiger partial charge in [0, 0.05) is 0 Å². The zero-order valence-electron chi connectivity index (χ0n) is 7.88. The minimum absolute atomic E-state index is 0.0619. The Balaban J connectivity index is 2.50. The quantitative estimate of drug-likeness (QED) is 0.785. The molecule has 0 bridgehead atoms. The van der Waals surface area contributed by atoms with Gasteiger partial charge in [-0.15, -0.1) is 0 Å². The first-order valence-electron chi connectivity index (χ1n) is 4.63. The summed E-state index contributed by atoms with van der Waals surface area (Å²) in [5.74, 6) is -1.09. The maximum absolute atomic E-state index is 13.6. The Labute approximate surface area is 81.4 Å². The number of hydrogen-bond donors (Lipinski definition) is 1. The van der Waals surface area contributed by atoms with Crippen molar-refractivity contribution < 1.29 is 14.3 Å². The van der Waals surface area contributed by atoms with E-state index in [-0.39, 0.29) is 16.9 Å². The van der Waals surface area contributed by atoms with Gasteiger partial charge in [0.1, 0.15) is 5.82 Å². The Bertz CT molecular complexity index is 395. The minimum Gasteiger partial charge on any atom is -0.478 e. The van der Waals surface area contributed by atoms with Crippen molar-refractivity contribution in [2.45, 2.75) is 25.7 Å². The molecule has 0 atom stereocenters. The van der Waals surface area contributed by atoms with Crippen molar-refractivity contribution in [1.82, 2.24) is 0 Å². The maximum atomic E-state index is 13.6. The molecule has 0 unspecified atom stereocenters. The summed E-state index contributed by atoms with van der Waals surface area (Å²) in [7, 11) is 0. The van der Waals surface area contributed by atoms with Crippen LogP contribution in [0.25, 0.3) is 0 Å². The van der Waals surface area contributed by atoms with Gasteiger partial charge in [0.05, 0.1) is 5.56 Å². The van der Waals surface area contributed by atoms with Gasteiger partial charge in [-0.1, -0.05) is 6.07 Å². The molecular weight excluding hydrogens is 183 g/mol. The molecule has 0 amide bonds. The highest BCUT2D eigenvalue weighted by atomic mass is 19.1. The van der Waals surface area contributed by atoms with Crippen molar-refractivity contribution in [1.29, 1.82) is 0 Å². The molecule has 0 radical (unpaired) electrons. The lowest BCUT2D eigenvalue weighted by atomic mass is 10.0. The van der Waals surface area contributed by atoms with Crippen LogP contribution in [0.3, 0.4) is 0 Å². The molecule has 0 aliphatic heterocycles. The Morgan fingerprint density at radius 2 is 2.14 bits per heavy atom. The van der Waals surface area contributed by atoms with Crippen LogP contribution in [0, 0.1) is 12.7 Å². The lowest BCUT2D eigenvalue weighted by Crippen LogP contribution is -2.03. The molecule has 1 saturated carbocycles. The monoisotopic (exact) mass is 194 g/mol. The topological polar surface area (TPSA) is 37.3 Å². The first-order chi connectivity index (χ1) is 6.61. The second-order valence-electron chi connectivity index (χ2n) is 3.72. The van der Waals surface area contributed by atoms with E-state index in [1.54, 1.807) is 6.07 Å². The number of carboxylic acid groups (broad SMARTS) is 1. The molecule has 1 aliphatic carbocycles. The second kappa shape index (κ2) is 3.08. The fourth-order valence-electron chi connectivity index (χ4n) is 1.65. The zero-order valence-corrected chi connectivity index (χ0v) is 7.88. The van der Waals surface area contributed by atoms with E-state index >= 15 is 0 Å². The summed E-state index contributed by atoms with van der Waals surface area (Å²) < 4.78 is 13.6. The lowest BCUT2D eigenvalue weighted by molar-refractivity contribution is 0.0695. The highest BCUT2D eigenvalue weighted by molar-refractivity contribution is 5.89. The third-order valence-corrected chi connectivity index (χ3v) is 2.66. The first-order valence-corrected chi connectivity index (χ1v) is 4.63. The summed E-state index contributed by atoms with van der Waals surface area (Å²) in [5.41, 5.74) is 0.987. The van der Waals surface area contributed by atoms with E-state index in [0.717, 1.165) is 12.8 Å². The molecule has 1 aliphatic rings. The van der Waals surface area contributed by atoms with Gasteiger partial charge >= 0.3 is 5.97 Å². The van der Waals surface area contributed by atoms with Crippen molar-refractivity contribution in [3.05, 3.63) is 34.6 Å². The van der Waals surface area contributed by atoms with Gasteiger partial charge in [-0.2, -0.15) is 0 Å². The number of carboxylic acids is 1. The molecule has 1 aromatic carbocycles. The van der Waals surface area contributed by atoms with E-state index < -0.39 is 5.97 Å². The predicted octanol–water partition coefficient (Wildman–Crippen LogP) is 2.71. The van der Waals surface area contributed by atoms with Crippen molar-refractivity contribution >= 4 is 5.97 Å². The predicted molar refractivity (Wildman–Crippen MR) is 50.1 cm³/mol. The zero-order chi connectivity index (χ0) is 10.3. The summed E-state index contributed by atoms with van der Waals surface area (Å²) in [6, 6.07) is 3.10. The van der Waals surface area contributed by atoms with Crippen LogP contribution < -0.4 is 0 Å². The van der Waals surface area contributed by atoms with E-state index in [4.69, 9.17) is 5.11 Å². The van der Waals surface area contributed by atoms with Gasteiger partial charge in [-0.05, 0) is 42.9 Å². The summed E-state index contributed by atoms with van der Waals surface area (Å²) in [4.78, 5) is 10.7. The van der Waals surface area contributed by atoms with Gasteiger partial charge in [0.25, 0.3) is 0 Å². The summed E-state index contributed by atoms with van der Waals surface area (Å²) >= 11 is 0. The normalized spacial score (nSPS) is 15.6. The number of halogens is 1. The summed E-state index contributed by atoms with van der Waals surface area (Å²) in [6.07, 6.45) is 2.03. The standard InChI is InChI=1S/C11H11FO2/c1-6-8(11(13)14)4-5-9(10(6)12)7-2-3-7/h4-5,7H,2-3H2,1H3,(H,13,14). The summed E-state index contributed by atoms with van der Waals surface area (Å²) in [6.45, 7) is 1.52. The van der Waals surface area contributed by atoms with Crippen molar-refractivity contribution in [3.8, 4) is 0 Å². The number of aromatic carboxylic acids is 1. The smallest absolute Gasteiger partial charge is 0.336 e. The van der Waals surface area contributed by atoms with Gasteiger partial charge in [0.15, 0.2) is 0 Å². The molecule has 0 spiro atoms. The third kappa shape index (κ3) is 1.39. The molecule has 0 aromatic heterocycles. The SMILES string of the molecule is Cc1c(C(=O)O)ccc(C2CC2)c1F. The Kier molecular flexibility index (Phi) is 2.02. The van der Waals surface area contributed by atoms with Crippen LogP contribution in [-0.4, -0.2) is 11.1 Å². The molecule has 74 valence electrons. The molecule has 1 fully saturated rings. The summed E-state index contributed by atoms with van der Waals surface area (Å²) in [5, 5.41) is 8.77. The van der Waals surface area contributed by atoms with Crippen LogP contribution in [0.2, 0.25) is 0 Å². The maximum Gasteiger partial charge on any atom is 0.336 e. The third-order valence-electron chi connectivity index (χ3n) is 2.66. The number of rotatable bonds is 2. The fraction of sp³-hybridized carbons (Fsp3) is 0.364. The van der Waals surface area contributed by atoms with Crippen LogP contribution in [0.5, 0.6) is 0 Å². The van der Waals surface area contributed by atoms with Gasteiger partial charge < -0.3 is 5.11 Å². The minimum atomic E-state index is -1.07. The Hall–Kier alpha value is -1.38. The van der Waals surface area contributed by atoms with E-state index in [1.165, 1.54) is 13.0 Å².